The number of para-hydroxylation sites is 1. The van der Waals surface area contributed by atoms with Gasteiger partial charge in [0, 0.05) is 11.3 Å². The van der Waals surface area contributed by atoms with Gasteiger partial charge in [-0.1, -0.05) is 31.2 Å². The molecule has 3 aromatic rings. The minimum Gasteiger partial charge on any atom is -0.347 e. The number of hydrazine groups is 1. The first-order valence-corrected chi connectivity index (χ1v) is 10.2. The molecule has 29 heavy (non-hydrogen) atoms. The highest BCUT2D eigenvalue weighted by Crippen LogP contribution is 2.37. The zero-order valence-corrected chi connectivity index (χ0v) is 16.6. The molecular formula is C21H20N4O3S. The number of carbonyl (C=O) groups excluding carboxylic acids is 3. The molecule has 0 aliphatic heterocycles. The van der Waals surface area contributed by atoms with Crippen molar-refractivity contribution in [3.63, 3.8) is 0 Å². The number of benzene rings is 1. The highest BCUT2D eigenvalue weighted by atomic mass is 32.1. The van der Waals surface area contributed by atoms with Gasteiger partial charge >= 0.3 is 0 Å². The van der Waals surface area contributed by atoms with Gasteiger partial charge in [-0.05, 0) is 35.9 Å². The van der Waals surface area contributed by atoms with Crippen molar-refractivity contribution in [2.45, 2.75) is 13.3 Å². The first-order chi connectivity index (χ1) is 14.0. The Morgan fingerprint density at radius 1 is 1.14 bits per heavy atom. The summed E-state index contributed by atoms with van der Waals surface area (Å²) in [5.41, 5.74) is 6.58. The highest BCUT2D eigenvalue weighted by Gasteiger charge is 2.38. The van der Waals surface area contributed by atoms with Crippen molar-refractivity contribution in [2.75, 3.05) is 6.54 Å². The molecule has 0 bridgehead atoms. The first-order valence-electron chi connectivity index (χ1n) is 9.33. The molecule has 2 heterocycles. The second-order valence-corrected chi connectivity index (χ2v) is 8.04. The highest BCUT2D eigenvalue weighted by molar-refractivity contribution is 7.13. The number of fused-ring (bicyclic) bond motifs is 1. The maximum atomic E-state index is 12.7. The Hall–Kier alpha value is -3.26. The normalized spacial score (nSPS) is 17.6. The van der Waals surface area contributed by atoms with Crippen LogP contribution in [0, 0.1) is 11.8 Å². The Morgan fingerprint density at radius 3 is 2.66 bits per heavy atom. The molecule has 2 atom stereocenters. The molecule has 7 nitrogen and oxygen atoms in total. The summed E-state index contributed by atoms with van der Waals surface area (Å²) in [4.78, 5) is 42.1. The fourth-order valence-corrected chi connectivity index (χ4v) is 3.82. The molecule has 4 rings (SSSR count). The summed E-state index contributed by atoms with van der Waals surface area (Å²) in [5, 5.41) is 5.22. The van der Waals surface area contributed by atoms with Gasteiger partial charge in [-0.15, -0.1) is 11.3 Å². The van der Waals surface area contributed by atoms with E-state index in [-0.39, 0.29) is 18.4 Å². The van der Waals surface area contributed by atoms with E-state index in [9.17, 15) is 14.4 Å². The van der Waals surface area contributed by atoms with Crippen LogP contribution in [0.25, 0.3) is 21.5 Å². The molecule has 0 radical (unpaired) electrons. The summed E-state index contributed by atoms with van der Waals surface area (Å²) < 4.78 is 0. The molecule has 148 valence electrons. The number of hydrogen-bond donors (Lipinski definition) is 3. The zero-order valence-electron chi connectivity index (χ0n) is 15.8. The van der Waals surface area contributed by atoms with E-state index < -0.39 is 11.8 Å². The third-order valence-electron chi connectivity index (χ3n) is 4.92. The summed E-state index contributed by atoms with van der Waals surface area (Å²) in [5.74, 6) is -0.694. The van der Waals surface area contributed by atoms with Gasteiger partial charge in [0.2, 0.25) is 5.91 Å². The molecule has 1 aliphatic rings. The molecule has 1 aliphatic carbocycles. The average Bonchev–Trinajstić information content (AvgIpc) is 3.23. The average molecular weight is 408 g/mol. The van der Waals surface area contributed by atoms with Gasteiger partial charge < -0.3 is 5.32 Å². The molecule has 3 amide bonds. The Balaban J connectivity index is 1.45. The van der Waals surface area contributed by atoms with Crippen molar-refractivity contribution in [1.82, 2.24) is 21.2 Å². The topological polar surface area (TPSA) is 100 Å². The number of nitrogens with zero attached hydrogens (tertiary/aromatic N) is 1. The number of thiophene rings is 1. The van der Waals surface area contributed by atoms with Crippen LogP contribution in [-0.2, 0) is 9.59 Å². The maximum absolute atomic E-state index is 12.7. The van der Waals surface area contributed by atoms with Crippen LogP contribution >= 0.6 is 11.3 Å². The summed E-state index contributed by atoms with van der Waals surface area (Å²) in [6.07, 6.45) is 0.853. The Labute approximate surface area is 171 Å². The SMILES string of the molecule is C[C@H]1C[C@@H]1C(=O)NCC(=O)NNC(=O)c1cc(-c2cccs2)nc2ccccc12. The number of rotatable bonds is 5. The van der Waals surface area contributed by atoms with Crippen molar-refractivity contribution < 1.29 is 14.4 Å². The van der Waals surface area contributed by atoms with E-state index in [0.717, 1.165) is 11.3 Å². The first kappa shape index (κ1) is 19.1. The van der Waals surface area contributed by atoms with Gasteiger partial charge in [0.25, 0.3) is 11.8 Å². The number of nitrogens with one attached hydrogen (secondary N) is 3. The Morgan fingerprint density at radius 2 is 1.93 bits per heavy atom. The number of pyridine rings is 1. The lowest BCUT2D eigenvalue weighted by Gasteiger charge is -2.11. The van der Waals surface area contributed by atoms with Crippen molar-refractivity contribution >= 4 is 40.0 Å². The predicted octanol–water partition coefficient (Wildman–Crippen LogP) is 2.50. The standard InChI is InChI=1S/C21H20N4O3S/c1-12-9-14(12)20(27)22-11-19(26)24-25-21(28)15-10-17(18-7-4-8-29-18)23-16-6-3-2-5-13(15)16/h2-8,10,12,14H,9,11H2,1H3,(H,22,27)(H,24,26)(H,25,28)/t12-,14-/m0/s1. The monoisotopic (exact) mass is 408 g/mol. The van der Waals surface area contributed by atoms with Crippen LogP contribution in [0.1, 0.15) is 23.7 Å². The van der Waals surface area contributed by atoms with Crippen LogP contribution in [0.3, 0.4) is 0 Å². The second-order valence-electron chi connectivity index (χ2n) is 7.09. The van der Waals surface area contributed by atoms with E-state index in [1.165, 1.54) is 11.3 Å². The van der Waals surface area contributed by atoms with Crippen molar-refractivity contribution in [3.8, 4) is 10.6 Å². The van der Waals surface area contributed by atoms with E-state index in [1.807, 2.05) is 48.7 Å². The van der Waals surface area contributed by atoms with Gasteiger partial charge in [-0.3, -0.25) is 25.2 Å². The molecule has 0 spiro atoms. The van der Waals surface area contributed by atoms with Gasteiger partial charge in [-0.2, -0.15) is 0 Å². The van der Waals surface area contributed by atoms with Crippen molar-refractivity contribution in [2.24, 2.45) is 11.8 Å². The van der Waals surface area contributed by atoms with E-state index in [2.05, 4.69) is 21.2 Å². The Bertz CT molecular complexity index is 1080. The molecule has 3 N–H and O–H groups in total. The van der Waals surface area contributed by atoms with Gasteiger partial charge in [0.15, 0.2) is 0 Å². The van der Waals surface area contributed by atoms with Crippen LogP contribution in [0.15, 0.2) is 47.8 Å². The summed E-state index contributed by atoms with van der Waals surface area (Å²) in [6.45, 7) is 1.81. The van der Waals surface area contributed by atoms with Crippen molar-refractivity contribution in [1.29, 1.82) is 0 Å². The van der Waals surface area contributed by atoms with E-state index in [0.29, 0.717) is 28.1 Å². The zero-order chi connectivity index (χ0) is 20.4. The summed E-state index contributed by atoms with van der Waals surface area (Å²) in [6, 6.07) is 12.9. The lowest BCUT2D eigenvalue weighted by Crippen LogP contribution is -2.46. The lowest BCUT2D eigenvalue weighted by atomic mass is 10.1. The molecule has 1 saturated carbocycles. The third kappa shape index (κ3) is 4.27. The number of hydrogen-bond acceptors (Lipinski definition) is 5. The van der Waals surface area contributed by atoms with Crippen LogP contribution in [0.5, 0.6) is 0 Å². The molecule has 1 aromatic carbocycles. The summed E-state index contributed by atoms with van der Waals surface area (Å²) in [7, 11) is 0. The molecule has 0 unspecified atom stereocenters. The quantitative estimate of drug-likeness (QED) is 0.565. The number of carbonyl (C=O) groups is 3. The van der Waals surface area contributed by atoms with Gasteiger partial charge in [0.05, 0.1) is 28.2 Å². The number of amides is 3. The lowest BCUT2D eigenvalue weighted by molar-refractivity contribution is -0.127. The van der Waals surface area contributed by atoms with Gasteiger partial charge in [0.1, 0.15) is 0 Å². The van der Waals surface area contributed by atoms with Crippen LogP contribution in [0.2, 0.25) is 0 Å². The largest absolute Gasteiger partial charge is 0.347 e. The Kier molecular flexibility index (Phi) is 5.26. The van der Waals surface area contributed by atoms with E-state index in [4.69, 9.17) is 0 Å². The molecular weight excluding hydrogens is 388 g/mol. The van der Waals surface area contributed by atoms with Gasteiger partial charge in [-0.25, -0.2) is 4.98 Å². The smallest absolute Gasteiger partial charge is 0.270 e. The maximum Gasteiger partial charge on any atom is 0.270 e. The minimum atomic E-state index is -0.489. The summed E-state index contributed by atoms with van der Waals surface area (Å²) >= 11 is 1.54. The molecule has 1 fully saturated rings. The van der Waals surface area contributed by atoms with E-state index >= 15 is 0 Å². The fraction of sp³-hybridized carbons (Fsp3) is 0.238. The molecule has 2 aromatic heterocycles. The van der Waals surface area contributed by atoms with Crippen LogP contribution in [-0.4, -0.2) is 29.3 Å². The minimum absolute atomic E-state index is 0.00348. The predicted molar refractivity (Wildman–Crippen MR) is 111 cm³/mol. The van der Waals surface area contributed by atoms with E-state index in [1.54, 1.807) is 6.07 Å². The fourth-order valence-electron chi connectivity index (χ4n) is 3.14. The van der Waals surface area contributed by atoms with Crippen LogP contribution < -0.4 is 16.2 Å². The third-order valence-corrected chi connectivity index (χ3v) is 5.81. The van der Waals surface area contributed by atoms with Crippen molar-refractivity contribution in [3.05, 3.63) is 53.4 Å². The molecule has 8 heteroatoms. The van der Waals surface area contributed by atoms with Crippen LogP contribution in [0.4, 0.5) is 0 Å². The molecule has 0 saturated heterocycles. The second kappa shape index (κ2) is 8.00. The number of aromatic nitrogens is 1.